The number of carbonyl (C=O) groups excluding carboxylic acids is 1. The second-order valence-electron chi connectivity index (χ2n) is 5.92. The van der Waals surface area contributed by atoms with Crippen LogP contribution in [0.25, 0.3) is 16.1 Å². The number of hydrogen-bond donors (Lipinski definition) is 1. The fourth-order valence-corrected chi connectivity index (χ4v) is 4.29. The van der Waals surface area contributed by atoms with E-state index in [9.17, 15) is 9.59 Å². The van der Waals surface area contributed by atoms with Gasteiger partial charge in [-0.2, -0.15) is 5.10 Å². The molecule has 1 aliphatic rings. The second kappa shape index (κ2) is 6.80. The lowest BCUT2D eigenvalue weighted by Gasteiger charge is -2.04. The van der Waals surface area contributed by atoms with Gasteiger partial charge in [0.15, 0.2) is 17.3 Å². The van der Waals surface area contributed by atoms with Crippen LogP contribution in [0.3, 0.4) is 0 Å². The zero-order valence-electron chi connectivity index (χ0n) is 14.2. The highest BCUT2D eigenvalue weighted by atomic mass is 32.2. The normalized spacial score (nSPS) is 12.6. The lowest BCUT2D eigenvalue weighted by molar-refractivity contribution is 0.102. The summed E-state index contributed by atoms with van der Waals surface area (Å²) in [7, 11) is 0. The molecule has 1 N–H and O–H groups in total. The highest BCUT2D eigenvalue weighted by Gasteiger charge is 2.18. The Hall–Kier alpha value is -3.11. The Kier molecular flexibility index (Phi) is 4.14. The summed E-state index contributed by atoms with van der Waals surface area (Å²) in [6, 6.07) is 10.7. The predicted octanol–water partition coefficient (Wildman–Crippen LogP) is 2.85. The number of carbonyl (C=O) groups is 1. The van der Waals surface area contributed by atoms with Crippen molar-refractivity contribution < 1.29 is 14.3 Å². The number of H-pyrrole nitrogens is 1. The van der Waals surface area contributed by atoms with Crippen molar-refractivity contribution in [3.05, 3.63) is 57.7 Å². The van der Waals surface area contributed by atoms with E-state index < -0.39 is 0 Å². The van der Waals surface area contributed by atoms with Gasteiger partial charge in [0.1, 0.15) is 11.2 Å². The van der Waals surface area contributed by atoms with Crippen molar-refractivity contribution in [3.63, 3.8) is 0 Å². The van der Waals surface area contributed by atoms with E-state index in [1.54, 1.807) is 24.3 Å². The molecule has 0 spiro atoms. The molecule has 0 bridgehead atoms. The SMILES string of the molecule is O=C(CSc1n[nH]c(=O)c2cc(-c3cccs3)nn12)c1ccc2c(c1)OCO2. The van der Waals surface area contributed by atoms with Crippen molar-refractivity contribution in [1.29, 1.82) is 0 Å². The van der Waals surface area contributed by atoms with Crippen molar-refractivity contribution in [3.8, 4) is 22.1 Å². The molecule has 0 saturated carbocycles. The number of benzene rings is 1. The molecule has 3 aromatic heterocycles. The average molecular weight is 412 g/mol. The molecule has 0 aliphatic carbocycles. The number of aromatic amines is 1. The minimum atomic E-state index is -0.332. The van der Waals surface area contributed by atoms with E-state index >= 15 is 0 Å². The van der Waals surface area contributed by atoms with Gasteiger partial charge in [-0.3, -0.25) is 9.59 Å². The summed E-state index contributed by atoms with van der Waals surface area (Å²) in [4.78, 5) is 25.6. The van der Waals surface area contributed by atoms with Crippen LogP contribution in [0.15, 0.2) is 51.7 Å². The minimum absolute atomic E-state index is 0.0879. The third-order valence-electron chi connectivity index (χ3n) is 4.18. The van der Waals surface area contributed by atoms with Crippen molar-refractivity contribution in [2.24, 2.45) is 0 Å². The molecule has 0 saturated heterocycles. The second-order valence-corrected chi connectivity index (χ2v) is 7.81. The van der Waals surface area contributed by atoms with Gasteiger partial charge in [-0.05, 0) is 35.7 Å². The van der Waals surface area contributed by atoms with Crippen molar-refractivity contribution >= 4 is 34.4 Å². The molecule has 4 aromatic rings. The Balaban J connectivity index is 1.41. The maximum Gasteiger partial charge on any atom is 0.290 e. The monoisotopic (exact) mass is 412 g/mol. The van der Waals surface area contributed by atoms with Crippen molar-refractivity contribution in [2.45, 2.75) is 5.16 Å². The first kappa shape index (κ1) is 17.0. The van der Waals surface area contributed by atoms with Crippen LogP contribution in [0.2, 0.25) is 0 Å². The summed E-state index contributed by atoms with van der Waals surface area (Å²) in [6.07, 6.45) is 0. The molecule has 10 heteroatoms. The van der Waals surface area contributed by atoms with Crippen LogP contribution in [0.1, 0.15) is 10.4 Å². The first-order chi connectivity index (χ1) is 13.7. The summed E-state index contributed by atoms with van der Waals surface area (Å²) in [5, 5.41) is 13.4. The van der Waals surface area contributed by atoms with Crippen LogP contribution >= 0.6 is 23.1 Å². The van der Waals surface area contributed by atoms with Crippen LogP contribution in [-0.2, 0) is 0 Å². The number of ether oxygens (including phenoxy) is 2. The van der Waals surface area contributed by atoms with Gasteiger partial charge in [0.2, 0.25) is 11.9 Å². The number of thiophene rings is 1. The molecule has 4 heterocycles. The van der Waals surface area contributed by atoms with Crippen LogP contribution in [-0.4, -0.2) is 38.1 Å². The first-order valence-corrected chi connectivity index (χ1v) is 10.1. The number of fused-ring (bicyclic) bond motifs is 2. The maximum atomic E-state index is 12.6. The molecule has 1 aliphatic heterocycles. The summed E-state index contributed by atoms with van der Waals surface area (Å²) >= 11 is 2.74. The van der Waals surface area contributed by atoms with Crippen molar-refractivity contribution in [1.82, 2.24) is 19.8 Å². The van der Waals surface area contributed by atoms with E-state index in [0.29, 0.717) is 33.4 Å². The molecule has 0 radical (unpaired) electrons. The predicted molar refractivity (Wildman–Crippen MR) is 105 cm³/mol. The van der Waals surface area contributed by atoms with Gasteiger partial charge in [-0.15, -0.1) is 16.4 Å². The molecule has 0 unspecified atom stereocenters. The molecular weight excluding hydrogens is 400 g/mol. The van der Waals surface area contributed by atoms with E-state index in [2.05, 4.69) is 15.3 Å². The van der Waals surface area contributed by atoms with Crippen LogP contribution < -0.4 is 15.0 Å². The fourth-order valence-electron chi connectivity index (χ4n) is 2.81. The van der Waals surface area contributed by atoms with E-state index in [0.717, 1.165) is 4.88 Å². The van der Waals surface area contributed by atoms with Gasteiger partial charge in [0.05, 0.1) is 10.6 Å². The number of hydrogen-bond acceptors (Lipinski definition) is 8. The number of Topliss-reactive ketones (excluding diaryl/α,β-unsaturated/α-hetero) is 1. The maximum absolute atomic E-state index is 12.6. The first-order valence-electron chi connectivity index (χ1n) is 8.27. The Morgan fingerprint density at radius 1 is 1.25 bits per heavy atom. The summed E-state index contributed by atoms with van der Waals surface area (Å²) in [6.45, 7) is 0.160. The highest BCUT2D eigenvalue weighted by Crippen LogP contribution is 2.33. The van der Waals surface area contributed by atoms with Gasteiger partial charge < -0.3 is 9.47 Å². The Morgan fingerprint density at radius 3 is 3.00 bits per heavy atom. The minimum Gasteiger partial charge on any atom is -0.454 e. The van der Waals surface area contributed by atoms with Gasteiger partial charge >= 0.3 is 0 Å². The van der Waals surface area contributed by atoms with E-state index in [1.807, 2.05) is 17.5 Å². The topological polar surface area (TPSA) is 98.6 Å². The van der Waals surface area contributed by atoms with Crippen molar-refractivity contribution in [2.75, 3.05) is 12.5 Å². The summed E-state index contributed by atoms with van der Waals surface area (Å²) in [5.74, 6) is 1.25. The fraction of sp³-hybridized carbons (Fsp3) is 0.111. The van der Waals surface area contributed by atoms with E-state index in [4.69, 9.17) is 9.47 Å². The zero-order valence-corrected chi connectivity index (χ0v) is 15.9. The van der Waals surface area contributed by atoms with Gasteiger partial charge in [-0.25, -0.2) is 9.61 Å². The van der Waals surface area contributed by atoms with E-state index in [1.165, 1.54) is 27.6 Å². The Morgan fingerprint density at radius 2 is 2.14 bits per heavy atom. The molecule has 28 heavy (non-hydrogen) atoms. The largest absolute Gasteiger partial charge is 0.454 e. The Labute approximate surface area is 166 Å². The highest BCUT2D eigenvalue weighted by molar-refractivity contribution is 7.99. The average Bonchev–Trinajstić information content (AvgIpc) is 3.46. The van der Waals surface area contributed by atoms with Gasteiger partial charge in [0.25, 0.3) is 5.56 Å². The van der Waals surface area contributed by atoms with Gasteiger partial charge in [0, 0.05) is 5.56 Å². The third kappa shape index (κ3) is 2.96. The zero-order chi connectivity index (χ0) is 19.1. The summed E-state index contributed by atoms with van der Waals surface area (Å²) in [5.41, 5.74) is 1.27. The lowest BCUT2D eigenvalue weighted by Crippen LogP contribution is -2.14. The third-order valence-corrected chi connectivity index (χ3v) is 6.00. The molecule has 0 atom stereocenters. The van der Waals surface area contributed by atoms with Crippen LogP contribution in [0.5, 0.6) is 11.5 Å². The quantitative estimate of drug-likeness (QED) is 0.397. The molecule has 0 fully saturated rings. The smallest absolute Gasteiger partial charge is 0.290 e. The molecular formula is C18H12N4O4S2. The van der Waals surface area contributed by atoms with E-state index in [-0.39, 0.29) is 23.9 Å². The summed E-state index contributed by atoms with van der Waals surface area (Å²) < 4.78 is 12.1. The molecule has 5 rings (SSSR count). The number of ketones is 1. The standard InChI is InChI=1S/C18H12N4O4S2/c23-13(10-3-4-14-15(6-10)26-9-25-14)8-28-18-20-19-17(24)12-7-11(21-22(12)18)16-2-1-5-27-16/h1-7H,8-9H2,(H,19,24). The van der Waals surface area contributed by atoms with Crippen LogP contribution in [0.4, 0.5) is 0 Å². The molecule has 140 valence electrons. The number of thioether (sulfide) groups is 1. The number of aromatic nitrogens is 4. The molecule has 0 amide bonds. The molecule has 8 nitrogen and oxygen atoms in total. The number of rotatable bonds is 5. The molecule has 1 aromatic carbocycles. The lowest BCUT2D eigenvalue weighted by atomic mass is 10.1. The van der Waals surface area contributed by atoms with Gasteiger partial charge in [-0.1, -0.05) is 17.8 Å². The van der Waals surface area contributed by atoms with Crippen LogP contribution in [0, 0.1) is 0 Å². The number of nitrogens with one attached hydrogen (secondary N) is 1. The number of nitrogens with zero attached hydrogens (tertiary/aromatic N) is 3. The Bertz CT molecular complexity index is 1250.